The van der Waals surface area contributed by atoms with Gasteiger partial charge in [-0.1, -0.05) is 11.6 Å². The number of hydrogen-bond acceptors (Lipinski definition) is 4. The molecule has 0 aliphatic carbocycles. The molecule has 38 heavy (non-hydrogen) atoms. The fourth-order valence-electron chi connectivity index (χ4n) is 4.62. The molecule has 3 atom stereocenters. The lowest BCUT2D eigenvalue weighted by Gasteiger charge is -2.39. The molecule has 1 saturated heterocycles. The Hall–Kier alpha value is -3.67. The number of aromatic nitrogens is 2. The van der Waals surface area contributed by atoms with Crippen LogP contribution in [0.15, 0.2) is 42.9 Å². The third kappa shape index (κ3) is 5.74. The van der Waals surface area contributed by atoms with Crippen LogP contribution in [-0.2, 0) is 9.59 Å². The molecule has 202 valence electrons. The second-order valence-electron chi connectivity index (χ2n) is 9.19. The summed E-state index contributed by atoms with van der Waals surface area (Å²) in [5.74, 6) is -4.57. The SMILES string of the molecule is Cc1ccc(C(=O)N2CC[C@@H](c3cc(F)cc(Cl)c3)[C@H](NC(=O)[C@@H](C)NC(=O)C(F)(F)F)C2)c2cncn12. The van der Waals surface area contributed by atoms with Crippen LogP contribution in [-0.4, -0.2) is 63.4 Å². The van der Waals surface area contributed by atoms with Crippen molar-refractivity contribution in [3.63, 3.8) is 0 Å². The average Bonchev–Trinajstić information content (AvgIpc) is 3.33. The van der Waals surface area contributed by atoms with Gasteiger partial charge in [0.05, 0.1) is 29.6 Å². The second kappa shape index (κ2) is 10.6. The molecule has 2 N–H and O–H groups in total. The number of alkyl halides is 3. The molecule has 8 nitrogen and oxygen atoms in total. The zero-order valence-corrected chi connectivity index (χ0v) is 21.1. The maximum atomic E-state index is 14.1. The Morgan fingerprint density at radius 3 is 2.61 bits per heavy atom. The van der Waals surface area contributed by atoms with Crippen LogP contribution in [0.4, 0.5) is 17.6 Å². The van der Waals surface area contributed by atoms with Crippen molar-refractivity contribution >= 4 is 34.8 Å². The van der Waals surface area contributed by atoms with Crippen LogP contribution in [0.2, 0.25) is 5.02 Å². The highest BCUT2D eigenvalue weighted by Crippen LogP contribution is 2.32. The zero-order chi connectivity index (χ0) is 27.8. The van der Waals surface area contributed by atoms with E-state index in [9.17, 15) is 31.9 Å². The normalized spacial score (nSPS) is 18.8. The molecular formula is C25H24ClF4N5O3. The zero-order valence-electron chi connectivity index (χ0n) is 20.4. The molecule has 0 radical (unpaired) electrons. The number of amides is 3. The third-order valence-electron chi connectivity index (χ3n) is 6.56. The minimum absolute atomic E-state index is 0.0164. The Balaban J connectivity index is 1.60. The van der Waals surface area contributed by atoms with E-state index in [1.807, 2.05) is 6.92 Å². The molecule has 0 unspecified atom stereocenters. The molecule has 2 aromatic heterocycles. The monoisotopic (exact) mass is 553 g/mol. The van der Waals surface area contributed by atoms with E-state index in [0.717, 1.165) is 18.7 Å². The fourth-order valence-corrected chi connectivity index (χ4v) is 4.85. The summed E-state index contributed by atoms with van der Waals surface area (Å²) in [6, 6.07) is 5.04. The molecule has 0 saturated carbocycles. The molecule has 3 aromatic rings. The predicted octanol–water partition coefficient (Wildman–Crippen LogP) is 3.62. The summed E-state index contributed by atoms with van der Waals surface area (Å²) in [5.41, 5.74) is 2.32. The lowest BCUT2D eigenvalue weighted by Crippen LogP contribution is -2.57. The van der Waals surface area contributed by atoms with Gasteiger partial charge in [-0.25, -0.2) is 9.37 Å². The van der Waals surface area contributed by atoms with Crippen LogP contribution in [0.5, 0.6) is 0 Å². The molecule has 4 rings (SSSR count). The molecule has 0 bridgehead atoms. The van der Waals surface area contributed by atoms with Gasteiger partial charge in [0, 0.05) is 29.7 Å². The summed E-state index contributed by atoms with van der Waals surface area (Å²) in [5, 5.41) is 4.40. The molecule has 0 spiro atoms. The number of pyridine rings is 1. The van der Waals surface area contributed by atoms with Gasteiger partial charge in [-0.15, -0.1) is 0 Å². The number of rotatable bonds is 5. The number of hydrogen-bond donors (Lipinski definition) is 2. The number of halogens is 5. The molecular weight excluding hydrogens is 530 g/mol. The summed E-state index contributed by atoms with van der Waals surface area (Å²) in [6.07, 6.45) is -1.70. The minimum atomic E-state index is -5.16. The highest BCUT2D eigenvalue weighted by atomic mass is 35.5. The molecule has 3 heterocycles. The maximum absolute atomic E-state index is 14.1. The highest BCUT2D eigenvalue weighted by molar-refractivity contribution is 6.30. The van der Waals surface area contributed by atoms with E-state index in [-0.39, 0.29) is 24.0 Å². The number of piperidine rings is 1. The first kappa shape index (κ1) is 27.4. The minimum Gasteiger partial charge on any atom is -0.349 e. The van der Waals surface area contributed by atoms with E-state index in [1.165, 1.54) is 17.0 Å². The molecule has 3 amide bonds. The van der Waals surface area contributed by atoms with E-state index in [2.05, 4.69) is 10.3 Å². The summed E-state index contributed by atoms with van der Waals surface area (Å²) in [6.45, 7) is 3.22. The van der Waals surface area contributed by atoms with Crippen molar-refractivity contribution in [2.24, 2.45) is 0 Å². The first-order valence-corrected chi connectivity index (χ1v) is 12.1. The molecule has 1 fully saturated rings. The van der Waals surface area contributed by atoms with Gasteiger partial charge in [-0.2, -0.15) is 13.2 Å². The van der Waals surface area contributed by atoms with Gasteiger partial charge in [0.15, 0.2) is 0 Å². The number of carbonyl (C=O) groups is 3. The summed E-state index contributed by atoms with van der Waals surface area (Å²) >= 11 is 6.04. The van der Waals surface area contributed by atoms with Gasteiger partial charge in [0.2, 0.25) is 5.91 Å². The van der Waals surface area contributed by atoms with Crippen molar-refractivity contribution in [3.8, 4) is 0 Å². The Morgan fingerprint density at radius 1 is 1.18 bits per heavy atom. The average molecular weight is 554 g/mol. The number of aryl methyl sites for hydroxylation is 1. The summed E-state index contributed by atoms with van der Waals surface area (Å²) in [4.78, 5) is 43.2. The van der Waals surface area contributed by atoms with Gasteiger partial charge in [-0.05, 0) is 56.2 Å². The van der Waals surface area contributed by atoms with E-state index in [1.54, 1.807) is 34.4 Å². The first-order valence-electron chi connectivity index (χ1n) is 11.7. The highest BCUT2D eigenvalue weighted by Gasteiger charge is 2.41. The number of likely N-dealkylation sites (tertiary alicyclic amines) is 1. The Labute approximate surface area is 220 Å². The van der Waals surface area contributed by atoms with Crippen LogP contribution < -0.4 is 10.6 Å². The van der Waals surface area contributed by atoms with Gasteiger partial charge < -0.3 is 19.9 Å². The van der Waals surface area contributed by atoms with E-state index >= 15 is 0 Å². The molecule has 1 aliphatic heterocycles. The largest absolute Gasteiger partial charge is 0.471 e. The second-order valence-corrected chi connectivity index (χ2v) is 9.63. The standard InChI is InChI=1S/C25H24ClF4N5O3/c1-13-3-4-19(21-10-31-12-35(13)21)23(37)34-6-5-18(15-7-16(26)9-17(27)8-15)20(11-34)33-22(36)14(2)32-24(38)25(28,29)30/h3-4,7-10,12,14,18,20H,5-6,11H2,1-2H3,(H,32,38)(H,33,36)/t14-,18+,20-/m1/s1. The lowest BCUT2D eigenvalue weighted by atomic mass is 9.84. The van der Waals surface area contributed by atoms with Crippen molar-refractivity contribution in [1.82, 2.24) is 24.9 Å². The smallest absolute Gasteiger partial charge is 0.349 e. The number of imidazole rings is 1. The maximum Gasteiger partial charge on any atom is 0.471 e. The Morgan fingerprint density at radius 2 is 1.92 bits per heavy atom. The summed E-state index contributed by atoms with van der Waals surface area (Å²) < 4.78 is 53.9. The van der Waals surface area contributed by atoms with Crippen molar-refractivity contribution < 1.29 is 31.9 Å². The van der Waals surface area contributed by atoms with Crippen molar-refractivity contribution in [1.29, 1.82) is 0 Å². The van der Waals surface area contributed by atoms with E-state index < -0.39 is 41.8 Å². The Bertz CT molecular complexity index is 1370. The van der Waals surface area contributed by atoms with Crippen molar-refractivity contribution in [3.05, 3.63) is 70.5 Å². The van der Waals surface area contributed by atoms with Gasteiger partial charge in [-0.3, -0.25) is 14.4 Å². The third-order valence-corrected chi connectivity index (χ3v) is 6.77. The van der Waals surface area contributed by atoms with Crippen LogP contribution in [0.3, 0.4) is 0 Å². The van der Waals surface area contributed by atoms with Crippen LogP contribution in [0.25, 0.3) is 5.52 Å². The quantitative estimate of drug-likeness (QED) is 0.472. The number of benzene rings is 1. The molecule has 1 aliphatic rings. The van der Waals surface area contributed by atoms with Gasteiger partial charge in [0.1, 0.15) is 11.9 Å². The molecule has 13 heteroatoms. The molecule has 1 aromatic carbocycles. The summed E-state index contributed by atoms with van der Waals surface area (Å²) in [7, 11) is 0. The Kier molecular flexibility index (Phi) is 7.63. The fraction of sp³-hybridized carbons (Fsp3) is 0.360. The van der Waals surface area contributed by atoms with Crippen LogP contribution >= 0.6 is 11.6 Å². The van der Waals surface area contributed by atoms with Gasteiger partial charge in [0.25, 0.3) is 5.91 Å². The number of nitrogens with zero attached hydrogens (tertiary/aromatic N) is 3. The predicted molar refractivity (Wildman–Crippen MR) is 130 cm³/mol. The van der Waals surface area contributed by atoms with E-state index in [0.29, 0.717) is 23.1 Å². The van der Waals surface area contributed by atoms with Gasteiger partial charge >= 0.3 is 12.1 Å². The number of carbonyl (C=O) groups excluding carboxylic acids is 3. The van der Waals surface area contributed by atoms with Crippen LogP contribution in [0, 0.1) is 12.7 Å². The topological polar surface area (TPSA) is 95.8 Å². The van der Waals surface area contributed by atoms with Crippen molar-refractivity contribution in [2.45, 2.75) is 44.4 Å². The van der Waals surface area contributed by atoms with Crippen molar-refractivity contribution in [2.75, 3.05) is 13.1 Å². The van der Waals surface area contributed by atoms with E-state index in [4.69, 9.17) is 11.6 Å². The van der Waals surface area contributed by atoms with Crippen LogP contribution in [0.1, 0.15) is 40.9 Å². The first-order chi connectivity index (χ1) is 17.8. The number of fused-ring (bicyclic) bond motifs is 1. The lowest BCUT2D eigenvalue weighted by molar-refractivity contribution is -0.174. The number of nitrogens with one attached hydrogen (secondary N) is 2.